The predicted molar refractivity (Wildman–Crippen MR) is 106 cm³/mol. The summed E-state index contributed by atoms with van der Waals surface area (Å²) in [7, 11) is 0. The third-order valence-corrected chi connectivity index (χ3v) is 6.24. The number of rotatable bonds is 9. The highest BCUT2D eigenvalue weighted by Crippen LogP contribution is 2.36. The fraction of sp³-hybridized carbons (Fsp3) is 0.696. The molecule has 160 valence electrons. The van der Waals surface area contributed by atoms with E-state index in [-0.39, 0.29) is 36.5 Å². The van der Waals surface area contributed by atoms with Gasteiger partial charge < -0.3 is 24.1 Å². The van der Waals surface area contributed by atoms with Crippen molar-refractivity contribution in [3.05, 3.63) is 35.9 Å². The van der Waals surface area contributed by atoms with Crippen LogP contribution in [-0.4, -0.2) is 54.3 Å². The van der Waals surface area contributed by atoms with E-state index in [9.17, 15) is 9.90 Å². The lowest BCUT2D eigenvalue weighted by Gasteiger charge is -2.24. The van der Waals surface area contributed by atoms with Crippen molar-refractivity contribution in [1.29, 1.82) is 0 Å². The number of hydrogen-bond donors (Lipinski definition) is 1. The highest BCUT2D eigenvalue weighted by Gasteiger charge is 2.43. The maximum Gasteiger partial charge on any atom is 0.306 e. The van der Waals surface area contributed by atoms with Gasteiger partial charge in [0.2, 0.25) is 0 Å². The van der Waals surface area contributed by atoms with Crippen LogP contribution < -0.4 is 0 Å². The number of cyclic esters (lactones) is 1. The number of carbonyl (C=O) groups is 1. The summed E-state index contributed by atoms with van der Waals surface area (Å²) in [5.74, 6) is -0.116. The Hall–Kier alpha value is -1.47. The molecular weight excluding hydrogens is 372 g/mol. The molecule has 0 spiro atoms. The van der Waals surface area contributed by atoms with Crippen LogP contribution in [0.1, 0.15) is 56.9 Å². The second-order valence-corrected chi connectivity index (χ2v) is 8.40. The Balaban J connectivity index is 1.12. The number of esters is 1. The van der Waals surface area contributed by atoms with Crippen LogP contribution in [0.15, 0.2) is 30.3 Å². The van der Waals surface area contributed by atoms with Gasteiger partial charge >= 0.3 is 5.97 Å². The lowest BCUT2D eigenvalue weighted by atomic mass is 10.0. The average Bonchev–Trinajstić information content (AvgIpc) is 3.48. The number of hydrogen-bond acceptors (Lipinski definition) is 6. The van der Waals surface area contributed by atoms with Crippen LogP contribution in [0.2, 0.25) is 0 Å². The fourth-order valence-electron chi connectivity index (χ4n) is 4.64. The van der Waals surface area contributed by atoms with Gasteiger partial charge in [-0.3, -0.25) is 4.79 Å². The SMILES string of the molecule is O=C1CC[C@@H]([C@@H]2CC[C@@H]([C@H]3CC[C@@H]([C@H](O)CCCOCc4ccccc4)O3)O2)O1. The van der Waals surface area contributed by atoms with Crippen molar-refractivity contribution in [2.24, 2.45) is 0 Å². The normalized spacial score (nSPS) is 33.1. The van der Waals surface area contributed by atoms with Crippen molar-refractivity contribution in [2.75, 3.05) is 6.61 Å². The molecule has 0 bridgehead atoms. The summed E-state index contributed by atoms with van der Waals surface area (Å²) in [6.07, 6.45) is 5.76. The zero-order valence-corrected chi connectivity index (χ0v) is 16.9. The molecule has 3 saturated heterocycles. The number of aliphatic hydroxyl groups excluding tert-OH is 1. The van der Waals surface area contributed by atoms with E-state index in [1.165, 1.54) is 0 Å². The van der Waals surface area contributed by atoms with Crippen LogP contribution in [0.25, 0.3) is 0 Å². The molecule has 29 heavy (non-hydrogen) atoms. The quantitative estimate of drug-likeness (QED) is 0.503. The van der Waals surface area contributed by atoms with Crippen LogP contribution in [0, 0.1) is 0 Å². The third-order valence-electron chi connectivity index (χ3n) is 6.24. The number of benzene rings is 1. The zero-order chi connectivity index (χ0) is 20.1. The van der Waals surface area contributed by atoms with Gasteiger partial charge in [0.05, 0.1) is 37.1 Å². The monoisotopic (exact) mass is 404 g/mol. The average molecular weight is 405 g/mol. The molecule has 3 fully saturated rings. The van der Waals surface area contributed by atoms with Crippen LogP contribution >= 0.6 is 0 Å². The molecule has 1 aromatic carbocycles. The Morgan fingerprint density at radius 1 is 0.966 bits per heavy atom. The lowest BCUT2D eigenvalue weighted by molar-refractivity contribution is -0.149. The first-order chi connectivity index (χ1) is 14.2. The third kappa shape index (κ3) is 5.57. The standard InChI is InChI=1S/C23H32O6/c24-17(7-4-14-26-15-16-5-2-1-3-6-16)18-8-9-19(27-18)20-10-11-21(28-20)22-12-13-23(25)29-22/h1-3,5-6,17-22,24H,4,7-15H2/t17-,18+,19-,20+,21+,22+/m1/s1. The van der Waals surface area contributed by atoms with Gasteiger partial charge in [-0.15, -0.1) is 0 Å². The van der Waals surface area contributed by atoms with Gasteiger partial charge in [0.25, 0.3) is 0 Å². The summed E-state index contributed by atoms with van der Waals surface area (Å²) in [5, 5.41) is 10.5. The molecule has 0 unspecified atom stereocenters. The molecule has 0 saturated carbocycles. The van der Waals surface area contributed by atoms with Gasteiger partial charge in [0.15, 0.2) is 0 Å². The van der Waals surface area contributed by atoms with E-state index >= 15 is 0 Å². The molecule has 3 heterocycles. The van der Waals surface area contributed by atoms with Gasteiger partial charge in [0.1, 0.15) is 6.10 Å². The number of carbonyl (C=O) groups excluding carboxylic acids is 1. The van der Waals surface area contributed by atoms with Crippen LogP contribution in [0.4, 0.5) is 0 Å². The molecule has 0 aromatic heterocycles. The minimum atomic E-state index is -0.465. The Morgan fingerprint density at radius 3 is 2.45 bits per heavy atom. The summed E-state index contributed by atoms with van der Waals surface area (Å²) < 4.78 is 23.3. The Labute approximate surface area is 172 Å². The molecule has 0 aliphatic carbocycles. The maximum absolute atomic E-state index is 11.3. The summed E-state index contributed by atoms with van der Waals surface area (Å²) >= 11 is 0. The van der Waals surface area contributed by atoms with Gasteiger partial charge in [-0.25, -0.2) is 0 Å². The summed E-state index contributed by atoms with van der Waals surface area (Å²) in [4.78, 5) is 11.3. The minimum absolute atomic E-state index is 0.000729. The van der Waals surface area contributed by atoms with E-state index in [4.69, 9.17) is 18.9 Å². The topological polar surface area (TPSA) is 74.2 Å². The molecular formula is C23H32O6. The smallest absolute Gasteiger partial charge is 0.306 e. The summed E-state index contributed by atoms with van der Waals surface area (Å²) in [6.45, 7) is 1.24. The highest BCUT2D eigenvalue weighted by atomic mass is 16.6. The minimum Gasteiger partial charge on any atom is -0.460 e. The van der Waals surface area contributed by atoms with Crippen LogP contribution in [-0.2, 0) is 30.3 Å². The van der Waals surface area contributed by atoms with Crippen molar-refractivity contribution < 1.29 is 28.8 Å². The first-order valence-corrected chi connectivity index (χ1v) is 11.0. The van der Waals surface area contributed by atoms with Crippen molar-refractivity contribution in [3.63, 3.8) is 0 Å². The van der Waals surface area contributed by atoms with E-state index in [1.54, 1.807) is 0 Å². The molecule has 6 atom stereocenters. The predicted octanol–water partition coefficient (Wildman–Crippen LogP) is 3.15. The zero-order valence-electron chi connectivity index (χ0n) is 16.9. The number of ether oxygens (including phenoxy) is 4. The lowest BCUT2D eigenvalue weighted by Crippen LogP contribution is -2.33. The van der Waals surface area contributed by atoms with E-state index in [1.807, 2.05) is 30.3 Å². The number of aliphatic hydroxyl groups is 1. The first-order valence-electron chi connectivity index (χ1n) is 11.0. The molecule has 6 heteroatoms. The Bertz CT molecular complexity index is 650. The second kappa shape index (κ2) is 10.0. The molecule has 1 aromatic rings. The van der Waals surface area contributed by atoms with Gasteiger partial charge in [-0.1, -0.05) is 30.3 Å². The van der Waals surface area contributed by atoms with E-state index in [2.05, 4.69) is 0 Å². The maximum atomic E-state index is 11.3. The Kier molecular flexibility index (Phi) is 7.19. The summed E-state index contributed by atoms with van der Waals surface area (Å²) in [6, 6.07) is 10.1. The van der Waals surface area contributed by atoms with Crippen molar-refractivity contribution in [2.45, 2.75) is 94.6 Å². The largest absolute Gasteiger partial charge is 0.460 e. The molecule has 6 nitrogen and oxygen atoms in total. The van der Waals surface area contributed by atoms with E-state index in [0.29, 0.717) is 26.1 Å². The van der Waals surface area contributed by atoms with Gasteiger partial charge in [-0.2, -0.15) is 0 Å². The van der Waals surface area contributed by atoms with Crippen LogP contribution in [0.3, 0.4) is 0 Å². The molecule has 1 N–H and O–H groups in total. The van der Waals surface area contributed by atoms with Crippen molar-refractivity contribution >= 4 is 5.97 Å². The first kappa shape index (κ1) is 20.8. The van der Waals surface area contributed by atoms with Crippen molar-refractivity contribution in [1.82, 2.24) is 0 Å². The van der Waals surface area contributed by atoms with Crippen molar-refractivity contribution in [3.8, 4) is 0 Å². The highest BCUT2D eigenvalue weighted by molar-refractivity contribution is 5.71. The van der Waals surface area contributed by atoms with Gasteiger partial charge in [-0.05, 0) is 50.5 Å². The second-order valence-electron chi connectivity index (χ2n) is 8.40. The van der Waals surface area contributed by atoms with Crippen LogP contribution in [0.5, 0.6) is 0 Å². The molecule has 3 aliphatic heterocycles. The van der Waals surface area contributed by atoms with Gasteiger partial charge in [0, 0.05) is 13.0 Å². The fourth-order valence-corrected chi connectivity index (χ4v) is 4.64. The molecule has 3 aliphatic rings. The molecule has 0 radical (unpaired) electrons. The molecule has 0 amide bonds. The Morgan fingerprint density at radius 2 is 1.69 bits per heavy atom. The van der Waals surface area contributed by atoms with E-state index in [0.717, 1.165) is 44.1 Å². The molecule has 4 rings (SSSR count). The van der Waals surface area contributed by atoms with E-state index < -0.39 is 6.10 Å². The summed E-state index contributed by atoms with van der Waals surface area (Å²) in [5.41, 5.74) is 1.16.